The van der Waals surface area contributed by atoms with Crippen molar-refractivity contribution < 1.29 is 19.1 Å². The van der Waals surface area contributed by atoms with Crippen LogP contribution in [0.15, 0.2) is 71.8 Å². The normalized spacial score (nSPS) is 10.6. The highest BCUT2D eigenvalue weighted by molar-refractivity contribution is 6.39. The van der Waals surface area contributed by atoms with Crippen molar-refractivity contribution in [1.82, 2.24) is 5.43 Å². The number of esters is 1. The number of halogens is 1. The van der Waals surface area contributed by atoms with Crippen molar-refractivity contribution in [3.8, 4) is 5.75 Å². The Balaban J connectivity index is 1.53. The van der Waals surface area contributed by atoms with E-state index in [1.165, 1.54) is 6.21 Å². The number of aryl methyl sites for hydroxylation is 2. The van der Waals surface area contributed by atoms with E-state index in [4.69, 9.17) is 16.3 Å². The molecule has 0 saturated carbocycles. The topological polar surface area (TPSA) is 96.9 Å². The average molecular weight is 450 g/mol. The summed E-state index contributed by atoms with van der Waals surface area (Å²) in [6.07, 6.45) is 1.36. The number of hydrogen-bond donors (Lipinski definition) is 2. The molecule has 2 amide bonds. The van der Waals surface area contributed by atoms with Gasteiger partial charge in [0.25, 0.3) is 0 Å². The van der Waals surface area contributed by atoms with Gasteiger partial charge in [-0.25, -0.2) is 10.2 Å². The number of ether oxygens (including phenoxy) is 1. The summed E-state index contributed by atoms with van der Waals surface area (Å²) in [6, 6.07) is 18.6. The maximum Gasteiger partial charge on any atom is 0.345 e. The molecular formula is C24H20ClN3O4. The lowest BCUT2D eigenvalue weighted by Crippen LogP contribution is -2.32. The molecule has 162 valence electrons. The summed E-state index contributed by atoms with van der Waals surface area (Å²) in [7, 11) is 0. The fraction of sp³-hybridized carbons (Fsp3) is 0.0833. The lowest BCUT2D eigenvalue weighted by Gasteiger charge is -2.08. The van der Waals surface area contributed by atoms with Gasteiger partial charge in [-0.2, -0.15) is 5.10 Å². The molecule has 3 rings (SSSR count). The number of nitrogens with one attached hydrogen (secondary N) is 2. The Bertz CT molecular complexity index is 1190. The second-order valence-electron chi connectivity index (χ2n) is 6.91. The third-order valence-corrected chi connectivity index (χ3v) is 4.74. The van der Waals surface area contributed by atoms with E-state index in [2.05, 4.69) is 15.8 Å². The maximum absolute atomic E-state index is 12.2. The number of carbonyl (C=O) groups is 3. The molecule has 0 radical (unpaired) electrons. The summed E-state index contributed by atoms with van der Waals surface area (Å²) >= 11 is 5.99. The van der Waals surface area contributed by atoms with Crippen molar-refractivity contribution >= 4 is 41.3 Å². The molecule has 8 heteroatoms. The van der Waals surface area contributed by atoms with E-state index in [1.807, 2.05) is 26.0 Å². The third-order valence-electron chi connectivity index (χ3n) is 4.41. The highest BCUT2D eigenvalue weighted by Gasteiger charge is 2.14. The van der Waals surface area contributed by atoms with Crippen LogP contribution in [0.4, 0.5) is 5.69 Å². The Labute approximate surface area is 190 Å². The van der Waals surface area contributed by atoms with E-state index in [1.54, 1.807) is 54.6 Å². The first-order valence-corrected chi connectivity index (χ1v) is 9.99. The van der Waals surface area contributed by atoms with Gasteiger partial charge in [0.1, 0.15) is 5.75 Å². The van der Waals surface area contributed by atoms with Crippen molar-refractivity contribution in [3.63, 3.8) is 0 Å². The summed E-state index contributed by atoms with van der Waals surface area (Å²) < 4.78 is 5.29. The number of anilines is 1. The van der Waals surface area contributed by atoms with Gasteiger partial charge in [-0.1, -0.05) is 35.9 Å². The van der Waals surface area contributed by atoms with Gasteiger partial charge in [0.15, 0.2) is 0 Å². The Morgan fingerprint density at radius 3 is 2.38 bits per heavy atom. The Morgan fingerprint density at radius 1 is 0.938 bits per heavy atom. The third kappa shape index (κ3) is 6.02. The predicted molar refractivity (Wildman–Crippen MR) is 123 cm³/mol. The summed E-state index contributed by atoms with van der Waals surface area (Å²) in [4.78, 5) is 36.2. The summed E-state index contributed by atoms with van der Waals surface area (Å²) in [5, 5.41) is 6.65. The molecule has 0 saturated heterocycles. The van der Waals surface area contributed by atoms with Crippen LogP contribution in [0.5, 0.6) is 5.75 Å². The SMILES string of the molecule is Cc1ccc(C)c(NC(=O)C(=O)NN=Cc2ccc(OC(=O)c3ccccc3Cl)cc2)c1. The van der Waals surface area contributed by atoms with Crippen molar-refractivity contribution in [2.45, 2.75) is 13.8 Å². The van der Waals surface area contributed by atoms with E-state index < -0.39 is 17.8 Å². The molecular weight excluding hydrogens is 430 g/mol. The van der Waals surface area contributed by atoms with Crippen LogP contribution in [0.2, 0.25) is 5.02 Å². The molecule has 2 N–H and O–H groups in total. The first-order valence-electron chi connectivity index (χ1n) is 9.62. The molecule has 0 aliphatic heterocycles. The number of nitrogens with zero attached hydrogens (tertiary/aromatic N) is 1. The largest absolute Gasteiger partial charge is 0.423 e. The molecule has 3 aromatic carbocycles. The second-order valence-corrected chi connectivity index (χ2v) is 7.32. The smallest absolute Gasteiger partial charge is 0.345 e. The van der Waals surface area contributed by atoms with E-state index in [0.29, 0.717) is 22.0 Å². The average Bonchev–Trinajstić information content (AvgIpc) is 2.77. The zero-order valence-electron chi connectivity index (χ0n) is 17.4. The molecule has 0 aliphatic rings. The molecule has 0 aliphatic carbocycles. The van der Waals surface area contributed by atoms with E-state index in [0.717, 1.165) is 11.1 Å². The van der Waals surface area contributed by atoms with Gasteiger partial charge in [0.2, 0.25) is 0 Å². The first-order chi connectivity index (χ1) is 15.3. The zero-order chi connectivity index (χ0) is 23.1. The number of amides is 2. The monoisotopic (exact) mass is 449 g/mol. The molecule has 0 heterocycles. The van der Waals surface area contributed by atoms with Gasteiger partial charge in [-0.15, -0.1) is 0 Å². The molecule has 3 aromatic rings. The minimum absolute atomic E-state index is 0.265. The van der Waals surface area contributed by atoms with Gasteiger partial charge in [-0.05, 0) is 73.0 Å². The Kier molecular flexibility index (Phi) is 7.36. The molecule has 0 atom stereocenters. The van der Waals surface area contributed by atoms with Gasteiger partial charge < -0.3 is 10.1 Å². The van der Waals surface area contributed by atoms with Crippen molar-refractivity contribution in [2.75, 3.05) is 5.32 Å². The van der Waals surface area contributed by atoms with Crippen LogP contribution < -0.4 is 15.5 Å². The Morgan fingerprint density at radius 2 is 1.66 bits per heavy atom. The van der Waals surface area contributed by atoms with Crippen LogP contribution in [0.1, 0.15) is 27.0 Å². The van der Waals surface area contributed by atoms with Crippen LogP contribution in [-0.2, 0) is 9.59 Å². The fourth-order valence-corrected chi connectivity index (χ4v) is 2.89. The number of hydrogen-bond acceptors (Lipinski definition) is 5. The van der Waals surface area contributed by atoms with Crippen molar-refractivity contribution in [2.24, 2.45) is 5.10 Å². The van der Waals surface area contributed by atoms with Crippen LogP contribution in [0.25, 0.3) is 0 Å². The van der Waals surface area contributed by atoms with Crippen molar-refractivity contribution in [1.29, 1.82) is 0 Å². The van der Waals surface area contributed by atoms with Gasteiger partial charge >= 0.3 is 17.8 Å². The maximum atomic E-state index is 12.2. The van der Waals surface area contributed by atoms with E-state index in [9.17, 15) is 14.4 Å². The fourth-order valence-electron chi connectivity index (χ4n) is 2.68. The van der Waals surface area contributed by atoms with Crippen molar-refractivity contribution in [3.05, 3.63) is 94.0 Å². The van der Waals surface area contributed by atoms with E-state index in [-0.39, 0.29) is 5.56 Å². The van der Waals surface area contributed by atoms with Gasteiger partial charge in [-0.3, -0.25) is 9.59 Å². The van der Waals surface area contributed by atoms with Crippen LogP contribution in [0.3, 0.4) is 0 Å². The highest BCUT2D eigenvalue weighted by atomic mass is 35.5. The minimum atomic E-state index is -0.896. The lowest BCUT2D eigenvalue weighted by atomic mass is 10.1. The quantitative estimate of drug-likeness (QED) is 0.200. The Hall–Kier alpha value is -3.97. The molecule has 0 fully saturated rings. The number of carbonyl (C=O) groups excluding carboxylic acids is 3. The van der Waals surface area contributed by atoms with Crippen LogP contribution in [-0.4, -0.2) is 24.0 Å². The molecule has 32 heavy (non-hydrogen) atoms. The molecule has 0 bridgehead atoms. The standard InChI is InChI=1S/C24H20ClN3O4/c1-15-7-8-16(2)21(13-15)27-22(29)23(30)28-26-14-17-9-11-18(12-10-17)32-24(31)19-5-3-4-6-20(19)25/h3-14H,1-2H3,(H,27,29)(H,28,30). The second kappa shape index (κ2) is 10.4. The highest BCUT2D eigenvalue weighted by Crippen LogP contribution is 2.19. The first kappa shape index (κ1) is 22.7. The van der Waals surface area contributed by atoms with Gasteiger partial charge in [0.05, 0.1) is 16.8 Å². The van der Waals surface area contributed by atoms with Crippen LogP contribution >= 0.6 is 11.6 Å². The summed E-state index contributed by atoms with van der Waals surface area (Å²) in [5.41, 5.74) is 5.44. The zero-order valence-corrected chi connectivity index (χ0v) is 18.1. The number of benzene rings is 3. The molecule has 7 nitrogen and oxygen atoms in total. The van der Waals surface area contributed by atoms with E-state index >= 15 is 0 Å². The molecule has 0 aromatic heterocycles. The summed E-state index contributed by atoms with van der Waals surface area (Å²) in [5.74, 6) is -1.96. The minimum Gasteiger partial charge on any atom is -0.423 e. The number of hydrazone groups is 1. The molecule has 0 unspecified atom stereocenters. The predicted octanol–water partition coefficient (Wildman–Crippen LogP) is 4.26. The summed E-state index contributed by atoms with van der Waals surface area (Å²) in [6.45, 7) is 3.73. The van der Waals surface area contributed by atoms with Gasteiger partial charge in [0, 0.05) is 5.69 Å². The molecule has 0 spiro atoms. The van der Waals surface area contributed by atoms with Crippen LogP contribution in [0, 0.1) is 13.8 Å². The number of rotatable bonds is 5. The lowest BCUT2D eigenvalue weighted by molar-refractivity contribution is -0.136.